The molecule has 1 N–H and O–H groups in total. The van der Waals surface area contributed by atoms with Crippen LogP contribution in [0, 0.1) is 6.92 Å². The van der Waals surface area contributed by atoms with Gasteiger partial charge in [0.2, 0.25) is 5.82 Å². The van der Waals surface area contributed by atoms with Crippen LogP contribution in [-0.2, 0) is 19.8 Å². The largest absolute Gasteiger partial charge is 0.478 e. The zero-order chi connectivity index (χ0) is 14.0. The Balaban J connectivity index is 2.06. The Labute approximate surface area is 115 Å². The van der Waals surface area contributed by atoms with Crippen LogP contribution in [0.15, 0.2) is 29.4 Å². The fraction of sp³-hybridized carbons (Fsp3) is 0.308. The minimum absolute atomic E-state index is 0.313. The van der Waals surface area contributed by atoms with Gasteiger partial charge in [-0.15, -0.1) is 4.68 Å². The molecule has 0 atom stereocenters. The fourth-order valence-electron chi connectivity index (χ4n) is 1.64. The Kier molecular flexibility index (Phi) is 3.90. The van der Waals surface area contributed by atoms with Crippen molar-refractivity contribution in [2.24, 2.45) is 14.1 Å². The smallest absolute Gasteiger partial charge is 0.336 e. The Morgan fingerprint density at radius 2 is 2.05 bits per heavy atom. The van der Waals surface area contributed by atoms with E-state index in [1.165, 1.54) is 0 Å². The summed E-state index contributed by atoms with van der Waals surface area (Å²) in [5, 5.41) is 14.2. The van der Waals surface area contributed by atoms with Crippen molar-refractivity contribution in [3.63, 3.8) is 0 Å². The van der Waals surface area contributed by atoms with Gasteiger partial charge in [0.25, 0.3) is 0 Å². The molecular weight excluding hydrogens is 262 g/mol. The molecular formula is C13H16N3O2S+. The average molecular weight is 278 g/mol. The summed E-state index contributed by atoms with van der Waals surface area (Å²) in [7, 11) is 3.90. The maximum Gasteiger partial charge on any atom is 0.336 e. The average Bonchev–Trinajstić information content (AvgIpc) is 2.64. The minimum Gasteiger partial charge on any atom is -0.478 e. The molecule has 2 rings (SSSR count). The third kappa shape index (κ3) is 2.96. The SMILES string of the molecule is Cc1n(C)nc(SCc2ccc(C(=O)O)cc2)[n+]1C. The highest BCUT2D eigenvalue weighted by Crippen LogP contribution is 2.18. The van der Waals surface area contributed by atoms with E-state index in [9.17, 15) is 4.79 Å². The first-order valence-corrected chi connectivity index (χ1v) is 6.82. The summed E-state index contributed by atoms with van der Waals surface area (Å²) < 4.78 is 3.88. The van der Waals surface area contributed by atoms with Crippen molar-refractivity contribution < 1.29 is 14.5 Å². The molecule has 1 aromatic carbocycles. The molecule has 0 saturated carbocycles. The maximum atomic E-state index is 10.8. The highest BCUT2D eigenvalue weighted by Gasteiger charge is 2.17. The third-order valence-electron chi connectivity index (χ3n) is 3.05. The second-order valence-electron chi connectivity index (χ2n) is 4.30. The lowest BCUT2D eigenvalue weighted by Gasteiger charge is -1.99. The Hall–Kier alpha value is -1.82. The van der Waals surface area contributed by atoms with E-state index in [1.54, 1.807) is 23.9 Å². The van der Waals surface area contributed by atoms with Gasteiger partial charge >= 0.3 is 11.1 Å². The van der Waals surface area contributed by atoms with Crippen LogP contribution < -0.4 is 4.57 Å². The Morgan fingerprint density at radius 3 is 2.53 bits per heavy atom. The van der Waals surface area contributed by atoms with Crippen molar-refractivity contribution in [3.8, 4) is 0 Å². The molecule has 0 aliphatic heterocycles. The van der Waals surface area contributed by atoms with Crippen molar-refractivity contribution >= 4 is 17.7 Å². The van der Waals surface area contributed by atoms with Gasteiger partial charge in [-0.1, -0.05) is 12.1 Å². The number of carboxylic acids is 1. The van der Waals surface area contributed by atoms with E-state index in [2.05, 4.69) is 5.10 Å². The quantitative estimate of drug-likeness (QED) is 0.681. The van der Waals surface area contributed by atoms with E-state index in [0.717, 1.165) is 22.3 Å². The van der Waals surface area contributed by atoms with Crippen LogP contribution in [0.4, 0.5) is 0 Å². The first kappa shape index (κ1) is 13.6. The molecule has 0 unspecified atom stereocenters. The molecule has 1 aromatic heterocycles. The summed E-state index contributed by atoms with van der Waals surface area (Å²) in [6.07, 6.45) is 0. The van der Waals surface area contributed by atoms with Gasteiger partial charge in [0.1, 0.15) is 0 Å². The van der Waals surface area contributed by atoms with Gasteiger partial charge in [0, 0.05) is 12.7 Å². The molecule has 0 saturated heterocycles. The summed E-state index contributed by atoms with van der Waals surface area (Å²) >= 11 is 1.63. The monoisotopic (exact) mass is 278 g/mol. The van der Waals surface area contributed by atoms with Gasteiger partial charge in [-0.2, -0.15) is 0 Å². The number of hydrogen-bond donors (Lipinski definition) is 1. The number of aromatic carboxylic acids is 1. The number of hydrogen-bond acceptors (Lipinski definition) is 3. The van der Waals surface area contributed by atoms with Crippen LogP contribution in [0.2, 0.25) is 0 Å². The molecule has 100 valence electrons. The molecule has 0 spiro atoms. The van der Waals surface area contributed by atoms with Crippen molar-refractivity contribution in [1.82, 2.24) is 9.78 Å². The standard InChI is InChI=1S/C13H15N3O2S/c1-9-15(2)13(14-16(9)3)19-8-10-4-6-11(7-5-10)12(17)18/h4-7H,8H2,1-3H3/p+1. The number of benzene rings is 1. The zero-order valence-corrected chi connectivity index (χ0v) is 11.9. The number of aromatic nitrogens is 3. The summed E-state index contributed by atoms with van der Waals surface area (Å²) in [6, 6.07) is 6.93. The van der Waals surface area contributed by atoms with Crippen molar-refractivity contribution in [3.05, 3.63) is 41.2 Å². The number of nitrogens with zero attached hydrogens (tertiary/aromatic N) is 3. The van der Waals surface area contributed by atoms with Crippen LogP contribution >= 0.6 is 11.8 Å². The van der Waals surface area contributed by atoms with Gasteiger partial charge in [0.15, 0.2) is 0 Å². The summed E-state index contributed by atoms with van der Waals surface area (Å²) in [4.78, 5) is 10.8. The highest BCUT2D eigenvalue weighted by molar-refractivity contribution is 7.98. The molecule has 6 heteroatoms. The lowest BCUT2D eigenvalue weighted by atomic mass is 10.1. The molecule has 2 aromatic rings. The normalized spacial score (nSPS) is 10.7. The maximum absolute atomic E-state index is 10.8. The van der Waals surface area contributed by atoms with E-state index >= 15 is 0 Å². The molecule has 0 amide bonds. The zero-order valence-electron chi connectivity index (χ0n) is 11.1. The van der Waals surface area contributed by atoms with Gasteiger partial charge in [-0.3, -0.25) is 0 Å². The van der Waals surface area contributed by atoms with Gasteiger partial charge in [-0.05, 0) is 29.5 Å². The van der Waals surface area contributed by atoms with Crippen LogP contribution in [0.1, 0.15) is 21.7 Å². The van der Waals surface area contributed by atoms with E-state index < -0.39 is 5.97 Å². The van der Waals surface area contributed by atoms with Gasteiger partial charge < -0.3 is 5.11 Å². The predicted molar refractivity (Wildman–Crippen MR) is 72.1 cm³/mol. The van der Waals surface area contributed by atoms with Gasteiger partial charge in [-0.25, -0.2) is 9.36 Å². The summed E-state index contributed by atoms with van der Waals surface area (Å²) in [5.74, 6) is 0.958. The van der Waals surface area contributed by atoms with E-state index in [4.69, 9.17) is 5.11 Å². The molecule has 0 aliphatic rings. The second kappa shape index (κ2) is 5.44. The van der Waals surface area contributed by atoms with E-state index in [1.807, 2.05) is 42.4 Å². The van der Waals surface area contributed by atoms with Crippen LogP contribution in [0.25, 0.3) is 0 Å². The van der Waals surface area contributed by atoms with Crippen molar-refractivity contribution in [2.75, 3.05) is 0 Å². The van der Waals surface area contributed by atoms with E-state index in [0.29, 0.717) is 5.56 Å². The third-order valence-corrected chi connectivity index (χ3v) is 4.14. The Morgan fingerprint density at radius 1 is 1.42 bits per heavy atom. The lowest BCUT2D eigenvalue weighted by molar-refractivity contribution is -0.715. The lowest BCUT2D eigenvalue weighted by Crippen LogP contribution is -2.32. The van der Waals surface area contributed by atoms with Gasteiger partial charge in [0.05, 0.1) is 24.8 Å². The van der Waals surface area contributed by atoms with Crippen LogP contribution in [0.3, 0.4) is 0 Å². The van der Waals surface area contributed by atoms with Crippen molar-refractivity contribution in [1.29, 1.82) is 0 Å². The molecule has 19 heavy (non-hydrogen) atoms. The Bertz CT molecular complexity index is 605. The number of carboxylic acid groups (broad SMARTS) is 1. The highest BCUT2D eigenvalue weighted by atomic mass is 32.2. The predicted octanol–water partition coefficient (Wildman–Crippen LogP) is 1.54. The first-order valence-electron chi connectivity index (χ1n) is 5.83. The van der Waals surface area contributed by atoms with Crippen molar-refractivity contribution in [2.45, 2.75) is 17.8 Å². The summed E-state index contributed by atoms with van der Waals surface area (Å²) in [5.41, 5.74) is 1.39. The van der Waals surface area contributed by atoms with Crippen LogP contribution in [-0.4, -0.2) is 20.9 Å². The first-order chi connectivity index (χ1) is 8.99. The molecule has 0 bridgehead atoms. The summed E-state index contributed by atoms with van der Waals surface area (Å²) in [6.45, 7) is 2.01. The van der Waals surface area contributed by atoms with E-state index in [-0.39, 0.29) is 0 Å². The topological polar surface area (TPSA) is 59.0 Å². The molecule has 1 heterocycles. The molecule has 0 radical (unpaired) electrons. The minimum atomic E-state index is -0.897. The molecule has 5 nitrogen and oxygen atoms in total. The second-order valence-corrected chi connectivity index (χ2v) is 5.25. The number of rotatable bonds is 4. The number of carbonyl (C=O) groups is 1. The fourth-order valence-corrected chi connectivity index (χ4v) is 2.63. The molecule has 0 fully saturated rings. The van der Waals surface area contributed by atoms with Crippen LogP contribution in [0.5, 0.6) is 0 Å². The number of aryl methyl sites for hydroxylation is 1. The number of thioether (sulfide) groups is 1. The molecule has 0 aliphatic carbocycles.